The molecule has 0 aromatic heterocycles. The molecule has 0 spiro atoms. The number of nitrogens with zero attached hydrogens (tertiary/aromatic N) is 2. The largest absolute Gasteiger partial charge is 0.416 e. The maximum absolute atomic E-state index is 13.7. The Morgan fingerprint density at radius 2 is 1.80 bits per heavy atom. The van der Waals surface area contributed by atoms with Gasteiger partial charge >= 0.3 is 6.18 Å². The lowest BCUT2D eigenvalue weighted by Crippen LogP contribution is -2.38. The van der Waals surface area contributed by atoms with Gasteiger partial charge in [-0.15, -0.1) is 0 Å². The van der Waals surface area contributed by atoms with Gasteiger partial charge in [-0.1, -0.05) is 36.4 Å². The molecule has 5 nitrogen and oxygen atoms in total. The average molecular weight is 420 g/mol. The van der Waals surface area contributed by atoms with Crippen molar-refractivity contribution in [2.24, 2.45) is 4.99 Å². The second-order valence-electron chi connectivity index (χ2n) is 7.03. The molecule has 0 aliphatic carbocycles. The Bertz CT molecular complexity index is 834. The Labute approximate surface area is 174 Å². The fourth-order valence-electron chi connectivity index (χ4n) is 3.37. The third-order valence-electron chi connectivity index (χ3n) is 4.99. The summed E-state index contributed by atoms with van der Waals surface area (Å²) < 4.78 is 46.3. The van der Waals surface area contributed by atoms with E-state index in [2.05, 4.69) is 15.6 Å². The number of morpholine rings is 1. The van der Waals surface area contributed by atoms with Gasteiger partial charge in [0.25, 0.3) is 0 Å². The smallest absolute Gasteiger partial charge is 0.378 e. The van der Waals surface area contributed by atoms with Crippen molar-refractivity contribution in [2.75, 3.05) is 44.8 Å². The average Bonchev–Trinajstić information content (AvgIpc) is 2.76. The molecule has 3 rings (SSSR count). The molecule has 1 fully saturated rings. The molecule has 0 radical (unpaired) electrons. The Morgan fingerprint density at radius 1 is 1.07 bits per heavy atom. The quantitative estimate of drug-likeness (QED) is 0.555. The first-order chi connectivity index (χ1) is 14.5. The van der Waals surface area contributed by atoms with Gasteiger partial charge in [0.2, 0.25) is 0 Å². The van der Waals surface area contributed by atoms with Gasteiger partial charge in [-0.3, -0.25) is 4.99 Å². The number of aliphatic imine (C=N–C) groups is 1. The summed E-state index contributed by atoms with van der Waals surface area (Å²) in [6.07, 6.45) is -3.63. The highest BCUT2D eigenvalue weighted by molar-refractivity contribution is 5.79. The normalized spacial score (nSPS) is 15.2. The summed E-state index contributed by atoms with van der Waals surface area (Å²) in [7, 11) is 1.60. The molecule has 0 unspecified atom stereocenters. The summed E-state index contributed by atoms with van der Waals surface area (Å²) in [6.45, 7) is 2.89. The molecular weight excluding hydrogens is 393 g/mol. The third-order valence-corrected chi connectivity index (χ3v) is 4.99. The number of nitrogens with one attached hydrogen (secondary N) is 2. The van der Waals surface area contributed by atoms with Crippen molar-refractivity contribution < 1.29 is 17.9 Å². The number of rotatable bonds is 6. The molecule has 0 amide bonds. The SMILES string of the molecule is CN=C(NCCc1ccccc1)NCc1ccc(N2CCOCC2)cc1C(F)(F)F. The predicted octanol–water partition coefficient (Wildman–Crippen LogP) is 3.45. The van der Waals surface area contributed by atoms with E-state index in [0.717, 1.165) is 6.42 Å². The summed E-state index contributed by atoms with van der Waals surface area (Å²) >= 11 is 0. The van der Waals surface area contributed by atoms with Crippen molar-refractivity contribution in [3.05, 3.63) is 65.2 Å². The first kappa shape index (κ1) is 22.0. The van der Waals surface area contributed by atoms with Crippen molar-refractivity contribution in [1.29, 1.82) is 0 Å². The van der Waals surface area contributed by atoms with E-state index in [1.54, 1.807) is 13.1 Å². The number of halogens is 3. The minimum Gasteiger partial charge on any atom is -0.378 e. The van der Waals surface area contributed by atoms with Crippen molar-refractivity contribution in [2.45, 2.75) is 19.1 Å². The van der Waals surface area contributed by atoms with Gasteiger partial charge in [0.05, 0.1) is 18.8 Å². The van der Waals surface area contributed by atoms with E-state index in [-0.39, 0.29) is 12.1 Å². The molecule has 2 aromatic rings. The summed E-state index contributed by atoms with van der Waals surface area (Å²) in [5, 5.41) is 6.13. The van der Waals surface area contributed by atoms with Crippen LogP contribution in [-0.4, -0.2) is 45.9 Å². The standard InChI is InChI=1S/C22H27F3N4O/c1-26-21(27-10-9-17-5-3-2-4-6-17)28-16-18-7-8-19(15-20(18)22(23,24)25)29-11-13-30-14-12-29/h2-8,15H,9-14,16H2,1H3,(H2,26,27,28). The van der Waals surface area contributed by atoms with Crippen molar-refractivity contribution >= 4 is 11.6 Å². The fraction of sp³-hybridized carbons (Fsp3) is 0.409. The predicted molar refractivity (Wildman–Crippen MR) is 113 cm³/mol. The summed E-state index contributed by atoms with van der Waals surface area (Å²) in [5.74, 6) is 0.469. The minimum atomic E-state index is -4.43. The molecule has 1 aliphatic heterocycles. The molecule has 1 heterocycles. The van der Waals surface area contributed by atoms with Crippen LogP contribution < -0.4 is 15.5 Å². The van der Waals surface area contributed by atoms with Gasteiger partial charge in [0, 0.05) is 38.9 Å². The van der Waals surface area contributed by atoms with Gasteiger partial charge in [0.1, 0.15) is 0 Å². The van der Waals surface area contributed by atoms with Crippen LogP contribution in [0.3, 0.4) is 0 Å². The molecular formula is C22H27F3N4O. The Balaban J connectivity index is 1.62. The van der Waals surface area contributed by atoms with Crippen LogP contribution in [0.5, 0.6) is 0 Å². The van der Waals surface area contributed by atoms with Crippen LogP contribution >= 0.6 is 0 Å². The van der Waals surface area contributed by atoms with Crippen LogP contribution in [0.4, 0.5) is 18.9 Å². The highest BCUT2D eigenvalue weighted by Gasteiger charge is 2.34. The molecule has 0 bridgehead atoms. The van der Waals surface area contributed by atoms with Gasteiger partial charge < -0.3 is 20.3 Å². The van der Waals surface area contributed by atoms with E-state index in [1.165, 1.54) is 17.7 Å². The number of anilines is 1. The number of hydrogen-bond acceptors (Lipinski definition) is 3. The number of ether oxygens (including phenoxy) is 1. The topological polar surface area (TPSA) is 48.9 Å². The third kappa shape index (κ3) is 6.13. The zero-order chi connectivity index (χ0) is 21.4. The Kier molecular flexibility index (Phi) is 7.57. The van der Waals surface area contributed by atoms with Crippen LogP contribution in [0.1, 0.15) is 16.7 Å². The molecule has 2 N–H and O–H groups in total. The lowest BCUT2D eigenvalue weighted by atomic mass is 10.0. The van der Waals surface area contributed by atoms with Crippen LogP contribution in [0.15, 0.2) is 53.5 Å². The lowest BCUT2D eigenvalue weighted by Gasteiger charge is -2.29. The monoisotopic (exact) mass is 420 g/mol. The zero-order valence-electron chi connectivity index (χ0n) is 17.0. The van der Waals surface area contributed by atoms with Crippen LogP contribution in [0.2, 0.25) is 0 Å². The second kappa shape index (κ2) is 10.3. The number of alkyl halides is 3. The maximum Gasteiger partial charge on any atom is 0.416 e. The minimum absolute atomic E-state index is 0.0310. The van der Waals surface area contributed by atoms with Gasteiger partial charge in [-0.05, 0) is 29.7 Å². The molecule has 0 atom stereocenters. The van der Waals surface area contributed by atoms with Gasteiger partial charge in [-0.2, -0.15) is 13.2 Å². The highest BCUT2D eigenvalue weighted by Crippen LogP contribution is 2.35. The molecule has 1 saturated heterocycles. The van der Waals surface area contributed by atoms with Crippen LogP contribution in [-0.2, 0) is 23.9 Å². The number of hydrogen-bond donors (Lipinski definition) is 2. The molecule has 8 heteroatoms. The van der Waals surface area contributed by atoms with Crippen molar-refractivity contribution in [3.63, 3.8) is 0 Å². The fourth-order valence-corrected chi connectivity index (χ4v) is 3.37. The van der Waals surface area contributed by atoms with E-state index < -0.39 is 11.7 Å². The van der Waals surface area contributed by atoms with E-state index in [1.807, 2.05) is 35.2 Å². The molecule has 162 valence electrons. The maximum atomic E-state index is 13.7. The zero-order valence-corrected chi connectivity index (χ0v) is 17.0. The van der Waals surface area contributed by atoms with Crippen molar-refractivity contribution in [1.82, 2.24) is 10.6 Å². The Hall–Kier alpha value is -2.74. The molecule has 0 saturated carbocycles. The van der Waals surface area contributed by atoms with E-state index in [9.17, 15) is 13.2 Å². The molecule has 2 aromatic carbocycles. The number of benzene rings is 2. The van der Waals surface area contributed by atoms with E-state index in [0.29, 0.717) is 44.5 Å². The first-order valence-corrected chi connectivity index (χ1v) is 9.98. The van der Waals surface area contributed by atoms with E-state index in [4.69, 9.17) is 4.74 Å². The summed E-state index contributed by atoms with van der Waals surface area (Å²) in [5.41, 5.74) is 1.31. The van der Waals surface area contributed by atoms with Crippen LogP contribution in [0, 0.1) is 0 Å². The first-order valence-electron chi connectivity index (χ1n) is 9.98. The molecule has 30 heavy (non-hydrogen) atoms. The van der Waals surface area contributed by atoms with Crippen LogP contribution in [0.25, 0.3) is 0 Å². The molecule has 1 aliphatic rings. The van der Waals surface area contributed by atoms with Crippen molar-refractivity contribution in [3.8, 4) is 0 Å². The van der Waals surface area contributed by atoms with Gasteiger partial charge in [-0.25, -0.2) is 0 Å². The summed E-state index contributed by atoms with van der Waals surface area (Å²) in [6, 6.07) is 14.5. The Morgan fingerprint density at radius 3 is 2.47 bits per heavy atom. The second-order valence-corrected chi connectivity index (χ2v) is 7.03. The van der Waals surface area contributed by atoms with Gasteiger partial charge in [0.15, 0.2) is 5.96 Å². The summed E-state index contributed by atoms with van der Waals surface area (Å²) in [4.78, 5) is 6.02. The van der Waals surface area contributed by atoms with E-state index >= 15 is 0 Å². The lowest BCUT2D eigenvalue weighted by molar-refractivity contribution is -0.138. The number of guanidine groups is 1. The highest BCUT2D eigenvalue weighted by atomic mass is 19.4.